The van der Waals surface area contributed by atoms with Gasteiger partial charge in [0, 0.05) is 11.6 Å². The molecule has 0 bridgehead atoms. The molecule has 0 atom stereocenters. The van der Waals surface area contributed by atoms with Crippen molar-refractivity contribution in [3.8, 4) is 0 Å². The molecule has 4 heteroatoms. The van der Waals surface area contributed by atoms with Gasteiger partial charge in [-0.15, -0.1) is 0 Å². The summed E-state index contributed by atoms with van der Waals surface area (Å²) < 4.78 is 0. The Bertz CT molecular complexity index is 697. The molecule has 0 radical (unpaired) electrons. The number of rotatable bonds is 3. The number of carbonyl (C=O) groups excluding carboxylic acids is 1. The molecule has 0 aromatic heterocycles. The summed E-state index contributed by atoms with van der Waals surface area (Å²) in [6.07, 6.45) is 2.73. The fourth-order valence-electron chi connectivity index (χ4n) is 3.17. The molecule has 1 fully saturated rings. The van der Waals surface area contributed by atoms with Crippen LogP contribution in [-0.2, 0) is 4.79 Å². The molecule has 1 amide bonds. The first-order valence-corrected chi connectivity index (χ1v) is 7.66. The van der Waals surface area contributed by atoms with Crippen LogP contribution in [0.15, 0.2) is 42.5 Å². The SMILES string of the molecule is O=C(NC1CCC(C(=O)O)CC1)c1cccc2ccccc12. The van der Waals surface area contributed by atoms with Crippen LogP contribution in [0.3, 0.4) is 0 Å². The lowest BCUT2D eigenvalue weighted by Gasteiger charge is -2.27. The minimum atomic E-state index is -0.723. The van der Waals surface area contributed by atoms with Crippen LogP contribution in [0, 0.1) is 5.92 Å². The zero-order valence-electron chi connectivity index (χ0n) is 12.3. The minimum absolute atomic E-state index is 0.0714. The van der Waals surface area contributed by atoms with Crippen molar-refractivity contribution in [3.05, 3.63) is 48.0 Å². The van der Waals surface area contributed by atoms with E-state index in [4.69, 9.17) is 5.11 Å². The lowest BCUT2D eigenvalue weighted by molar-refractivity contribution is -0.142. The number of amides is 1. The summed E-state index contributed by atoms with van der Waals surface area (Å²) in [4.78, 5) is 23.5. The molecule has 114 valence electrons. The Kier molecular flexibility index (Phi) is 4.09. The topological polar surface area (TPSA) is 66.4 Å². The Morgan fingerprint density at radius 3 is 2.36 bits per heavy atom. The Hall–Kier alpha value is -2.36. The van der Waals surface area contributed by atoms with Gasteiger partial charge in [0.25, 0.3) is 5.91 Å². The maximum atomic E-state index is 12.5. The maximum absolute atomic E-state index is 12.5. The van der Waals surface area contributed by atoms with E-state index < -0.39 is 5.97 Å². The van der Waals surface area contributed by atoms with Gasteiger partial charge in [-0.3, -0.25) is 9.59 Å². The molecule has 0 aliphatic heterocycles. The summed E-state index contributed by atoms with van der Waals surface area (Å²) in [6, 6.07) is 13.6. The highest BCUT2D eigenvalue weighted by Crippen LogP contribution is 2.25. The lowest BCUT2D eigenvalue weighted by Crippen LogP contribution is -2.38. The highest BCUT2D eigenvalue weighted by molar-refractivity contribution is 6.07. The molecule has 2 aromatic carbocycles. The van der Waals surface area contributed by atoms with Gasteiger partial charge in [0.05, 0.1) is 5.92 Å². The lowest BCUT2D eigenvalue weighted by atomic mass is 9.86. The molecule has 2 N–H and O–H groups in total. The number of carbonyl (C=O) groups is 2. The third-order valence-corrected chi connectivity index (χ3v) is 4.45. The maximum Gasteiger partial charge on any atom is 0.306 e. The summed E-state index contributed by atoms with van der Waals surface area (Å²) in [5.74, 6) is -1.06. The van der Waals surface area contributed by atoms with Gasteiger partial charge in [-0.05, 0) is 42.5 Å². The quantitative estimate of drug-likeness (QED) is 0.914. The number of hydrogen-bond acceptors (Lipinski definition) is 2. The third kappa shape index (κ3) is 2.96. The van der Waals surface area contributed by atoms with Gasteiger partial charge in [0.2, 0.25) is 0 Å². The molecule has 0 spiro atoms. The van der Waals surface area contributed by atoms with Crippen LogP contribution in [-0.4, -0.2) is 23.0 Å². The van der Waals surface area contributed by atoms with Crippen LogP contribution in [0.25, 0.3) is 10.8 Å². The minimum Gasteiger partial charge on any atom is -0.481 e. The largest absolute Gasteiger partial charge is 0.481 e. The normalized spacial score (nSPS) is 21.5. The van der Waals surface area contributed by atoms with Crippen molar-refractivity contribution in [2.75, 3.05) is 0 Å². The first-order valence-electron chi connectivity index (χ1n) is 7.66. The third-order valence-electron chi connectivity index (χ3n) is 4.45. The molecule has 1 aliphatic carbocycles. The van der Waals surface area contributed by atoms with Crippen molar-refractivity contribution in [1.82, 2.24) is 5.32 Å². The zero-order chi connectivity index (χ0) is 15.5. The molecule has 22 heavy (non-hydrogen) atoms. The van der Waals surface area contributed by atoms with E-state index in [1.165, 1.54) is 0 Å². The fraction of sp³-hybridized carbons (Fsp3) is 0.333. The van der Waals surface area contributed by atoms with Crippen molar-refractivity contribution in [2.24, 2.45) is 5.92 Å². The zero-order valence-corrected chi connectivity index (χ0v) is 12.3. The molecule has 1 aliphatic rings. The van der Waals surface area contributed by atoms with Crippen molar-refractivity contribution in [1.29, 1.82) is 0 Å². The van der Waals surface area contributed by atoms with Crippen LogP contribution in [0.4, 0.5) is 0 Å². The van der Waals surface area contributed by atoms with Gasteiger partial charge in [-0.25, -0.2) is 0 Å². The number of carboxylic acids is 1. The smallest absolute Gasteiger partial charge is 0.306 e. The van der Waals surface area contributed by atoms with Crippen molar-refractivity contribution in [2.45, 2.75) is 31.7 Å². The number of aliphatic carboxylic acids is 1. The second-order valence-electron chi connectivity index (χ2n) is 5.89. The first-order chi connectivity index (χ1) is 10.6. The highest BCUT2D eigenvalue weighted by Gasteiger charge is 2.27. The Morgan fingerprint density at radius 2 is 1.64 bits per heavy atom. The van der Waals surface area contributed by atoms with Gasteiger partial charge in [-0.1, -0.05) is 36.4 Å². The molecule has 3 rings (SSSR count). The molecule has 0 unspecified atom stereocenters. The number of hydrogen-bond donors (Lipinski definition) is 2. The summed E-state index contributed by atoms with van der Waals surface area (Å²) in [6.45, 7) is 0. The van der Waals surface area contributed by atoms with Crippen molar-refractivity contribution in [3.63, 3.8) is 0 Å². The van der Waals surface area contributed by atoms with Gasteiger partial charge in [0.15, 0.2) is 0 Å². The standard InChI is InChI=1S/C18H19NO3/c20-17(19-14-10-8-13(9-11-14)18(21)22)16-7-3-5-12-4-1-2-6-15(12)16/h1-7,13-14H,8-11H2,(H,19,20)(H,21,22). The van der Waals surface area contributed by atoms with E-state index in [2.05, 4.69) is 5.32 Å². The average molecular weight is 297 g/mol. The molecule has 1 saturated carbocycles. The van der Waals surface area contributed by atoms with Crippen LogP contribution in [0.1, 0.15) is 36.0 Å². The predicted octanol–water partition coefficient (Wildman–Crippen LogP) is 3.21. The first kappa shape index (κ1) is 14.6. The van der Waals surface area contributed by atoms with Gasteiger partial charge < -0.3 is 10.4 Å². The Labute approximate surface area is 129 Å². The summed E-state index contributed by atoms with van der Waals surface area (Å²) >= 11 is 0. The van der Waals surface area contributed by atoms with Crippen LogP contribution in [0.5, 0.6) is 0 Å². The summed E-state index contributed by atoms with van der Waals surface area (Å²) in [5.41, 5.74) is 0.679. The van der Waals surface area contributed by atoms with E-state index in [9.17, 15) is 9.59 Å². The van der Waals surface area contributed by atoms with Crippen LogP contribution >= 0.6 is 0 Å². The molecular formula is C18H19NO3. The van der Waals surface area contributed by atoms with Gasteiger partial charge in [0.1, 0.15) is 0 Å². The van der Waals surface area contributed by atoms with Crippen molar-refractivity contribution < 1.29 is 14.7 Å². The predicted molar refractivity (Wildman–Crippen MR) is 84.8 cm³/mol. The van der Waals surface area contributed by atoms with Crippen LogP contribution in [0.2, 0.25) is 0 Å². The fourth-order valence-corrected chi connectivity index (χ4v) is 3.17. The van der Waals surface area contributed by atoms with E-state index in [1.807, 2.05) is 42.5 Å². The van der Waals surface area contributed by atoms with E-state index in [-0.39, 0.29) is 17.9 Å². The molecule has 0 heterocycles. The Morgan fingerprint density at radius 1 is 0.955 bits per heavy atom. The number of fused-ring (bicyclic) bond motifs is 1. The van der Waals surface area contributed by atoms with Crippen LogP contribution < -0.4 is 5.32 Å². The monoisotopic (exact) mass is 297 g/mol. The number of nitrogens with one attached hydrogen (secondary N) is 1. The molecule has 2 aromatic rings. The second kappa shape index (κ2) is 6.18. The second-order valence-corrected chi connectivity index (χ2v) is 5.89. The highest BCUT2D eigenvalue weighted by atomic mass is 16.4. The van der Waals surface area contributed by atoms with Gasteiger partial charge >= 0.3 is 5.97 Å². The van der Waals surface area contributed by atoms with E-state index in [0.717, 1.165) is 23.6 Å². The summed E-state index contributed by atoms with van der Waals surface area (Å²) in [7, 11) is 0. The molecule has 0 saturated heterocycles. The van der Waals surface area contributed by atoms with Gasteiger partial charge in [-0.2, -0.15) is 0 Å². The average Bonchev–Trinajstić information content (AvgIpc) is 2.54. The number of benzene rings is 2. The van der Waals surface area contributed by atoms with E-state index in [0.29, 0.717) is 18.4 Å². The van der Waals surface area contributed by atoms with E-state index in [1.54, 1.807) is 0 Å². The molecular weight excluding hydrogens is 278 g/mol. The molecule has 4 nitrogen and oxygen atoms in total. The Balaban J connectivity index is 1.71. The number of carboxylic acid groups (broad SMARTS) is 1. The summed E-state index contributed by atoms with van der Waals surface area (Å²) in [5, 5.41) is 14.1. The van der Waals surface area contributed by atoms with E-state index >= 15 is 0 Å². The van der Waals surface area contributed by atoms with Crippen molar-refractivity contribution >= 4 is 22.6 Å².